The van der Waals surface area contributed by atoms with Gasteiger partial charge >= 0.3 is 0 Å². The van der Waals surface area contributed by atoms with Crippen LogP contribution in [-0.2, 0) is 0 Å². The van der Waals surface area contributed by atoms with E-state index in [0.29, 0.717) is 5.92 Å². The first-order valence-electron chi connectivity index (χ1n) is 7.37. The second-order valence-electron chi connectivity index (χ2n) is 5.99. The second-order valence-corrected chi connectivity index (χ2v) is 5.99. The summed E-state index contributed by atoms with van der Waals surface area (Å²) in [5.41, 5.74) is 3.70. The summed E-state index contributed by atoms with van der Waals surface area (Å²) < 4.78 is 0. The fourth-order valence-electron chi connectivity index (χ4n) is 3.21. The largest absolute Gasteiger partial charge is 0.388 e. The molecule has 3 unspecified atom stereocenters. The quantitative estimate of drug-likeness (QED) is 0.829. The summed E-state index contributed by atoms with van der Waals surface area (Å²) in [5, 5.41) is 10.6. The zero-order valence-electron chi connectivity index (χ0n) is 11.9. The number of aliphatic hydroxyl groups is 1. The summed E-state index contributed by atoms with van der Waals surface area (Å²) in [7, 11) is 0. The molecule has 3 atom stereocenters. The Balaban J connectivity index is 2.10. The molecule has 0 bridgehead atoms. The lowest BCUT2D eigenvalue weighted by molar-refractivity contribution is 0.0677. The SMILES string of the molecule is CCC1CCCC(C(O)c2ccc(C)c(C)c2)C1. The van der Waals surface area contributed by atoms with Gasteiger partial charge in [-0.1, -0.05) is 44.4 Å². The average molecular weight is 246 g/mol. The van der Waals surface area contributed by atoms with Crippen molar-refractivity contribution in [2.75, 3.05) is 0 Å². The van der Waals surface area contributed by atoms with Gasteiger partial charge in [-0.3, -0.25) is 0 Å². The van der Waals surface area contributed by atoms with E-state index < -0.39 is 0 Å². The third-order valence-electron chi connectivity index (χ3n) is 4.72. The number of hydrogen-bond acceptors (Lipinski definition) is 1. The highest BCUT2D eigenvalue weighted by Gasteiger charge is 2.27. The Morgan fingerprint density at radius 3 is 2.67 bits per heavy atom. The van der Waals surface area contributed by atoms with Gasteiger partial charge in [-0.05, 0) is 55.2 Å². The normalized spacial score (nSPS) is 26.0. The number of aliphatic hydroxyl groups excluding tert-OH is 1. The van der Waals surface area contributed by atoms with E-state index in [1.807, 2.05) is 0 Å². The van der Waals surface area contributed by atoms with E-state index in [0.717, 1.165) is 11.5 Å². The zero-order valence-corrected chi connectivity index (χ0v) is 11.9. The average Bonchev–Trinajstić information content (AvgIpc) is 2.41. The van der Waals surface area contributed by atoms with Crippen LogP contribution in [0.2, 0.25) is 0 Å². The van der Waals surface area contributed by atoms with Crippen molar-refractivity contribution in [3.05, 3.63) is 34.9 Å². The van der Waals surface area contributed by atoms with Crippen LogP contribution in [0.5, 0.6) is 0 Å². The Hall–Kier alpha value is -0.820. The topological polar surface area (TPSA) is 20.2 Å². The summed E-state index contributed by atoms with van der Waals surface area (Å²) in [6.07, 6.45) is 6.02. The Morgan fingerprint density at radius 1 is 1.22 bits per heavy atom. The Bertz CT molecular complexity index is 397. The molecule has 0 saturated heterocycles. The fraction of sp³-hybridized carbons (Fsp3) is 0.647. The Labute approximate surface area is 111 Å². The van der Waals surface area contributed by atoms with E-state index in [2.05, 4.69) is 39.0 Å². The van der Waals surface area contributed by atoms with Crippen LogP contribution in [-0.4, -0.2) is 5.11 Å². The minimum atomic E-state index is -0.265. The van der Waals surface area contributed by atoms with Crippen LogP contribution in [0.25, 0.3) is 0 Å². The standard InChI is InChI=1S/C17H26O/c1-4-14-6-5-7-15(11-14)17(18)16-9-8-12(2)13(3)10-16/h8-10,14-15,17-18H,4-7,11H2,1-3H3. The molecule has 0 aromatic heterocycles. The van der Waals surface area contributed by atoms with Crippen molar-refractivity contribution in [1.29, 1.82) is 0 Å². The molecule has 1 aromatic rings. The fourth-order valence-corrected chi connectivity index (χ4v) is 3.21. The van der Waals surface area contributed by atoms with Crippen molar-refractivity contribution in [2.45, 2.75) is 59.0 Å². The first-order chi connectivity index (χ1) is 8.61. The van der Waals surface area contributed by atoms with E-state index in [1.54, 1.807) is 0 Å². The van der Waals surface area contributed by atoms with Gasteiger partial charge in [0.15, 0.2) is 0 Å². The monoisotopic (exact) mass is 246 g/mol. The second kappa shape index (κ2) is 5.88. The lowest BCUT2D eigenvalue weighted by Gasteiger charge is -2.32. The number of hydrogen-bond donors (Lipinski definition) is 1. The molecule has 0 amide bonds. The van der Waals surface area contributed by atoms with E-state index in [-0.39, 0.29) is 6.10 Å². The van der Waals surface area contributed by atoms with Crippen molar-refractivity contribution in [3.63, 3.8) is 0 Å². The molecule has 1 saturated carbocycles. The summed E-state index contributed by atoms with van der Waals surface area (Å²) in [5.74, 6) is 1.29. The molecule has 0 aliphatic heterocycles. The molecule has 0 spiro atoms. The Kier molecular flexibility index (Phi) is 4.45. The third kappa shape index (κ3) is 2.95. The molecule has 1 nitrogen and oxygen atoms in total. The minimum absolute atomic E-state index is 0.265. The van der Waals surface area contributed by atoms with E-state index in [1.165, 1.54) is 43.2 Å². The highest BCUT2D eigenvalue weighted by molar-refractivity contribution is 5.31. The predicted molar refractivity (Wildman–Crippen MR) is 76.6 cm³/mol. The molecule has 1 N–H and O–H groups in total. The molecule has 100 valence electrons. The molecule has 1 fully saturated rings. The maximum absolute atomic E-state index is 10.6. The summed E-state index contributed by atoms with van der Waals surface area (Å²) >= 11 is 0. The predicted octanol–water partition coefficient (Wildman–Crippen LogP) is 4.55. The minimum Gasteiger partial charge on any atom is -0.388 e. The maximum atomic E-state index is 10.6. The molecule has 1 aromatic carbocycles. The lowest BCUT2D eigenvalue weighted by Crippen LogP contribution is -2.21. The van der Waals surface area contributed by atoms with E-state index in [9.17, 15) is 5.11 Å². The van der Waals surface area contributed by atoms with Crippen LogP contribution in [0.1, 0.15) is 61.8 Å². The highest BCUT2D eigenvalue weighted by atomic mass is 16.3. The van der Waals surface area contributed by atoms with E-state index >= 15 is 0 Å². The van der Waals surface area contributed by atoms with Gasteiger partial charge in [0.05, 0.1) is 6.10 Å². The molecule has 1 aliphatic rings. The molecular formula is C17H26O. The van der Waals surface area contributed by atoms with Crippen molar-refractivity contribution in [3.8, 4) is 0 Å². The molecule has 18 heavy (non-hydrogen) atoms. The van der Waals surface area contributed by atoms with Gasteiger partial charge in [-0.2, -0.15) is 0 Å². The molecule has 0 heterocycles. The first-order valence-corrected chi connectivity index (χ1v) is 7.37. The molecular weight excluding hydrogens is 220 g/mol. The smallest absolute Gasteiger partial charge is 0.0818 e. The van der Waals surface area contributed by atoms with Crippen molar-refractivity contribution in [1.82, 2.24) is 0 Å². The zero-order chi connectivity index (χ0) is 13.1. The van der Waals surface area contributed by atoms with Gasteiger partial charge in [-0.25, -0.2) is 0 Å². The van der Waals surface area contributed by atoms with Gasteiger partial charge in [-0.15, -0.1) is 0 Å². The number of rotatable bonds is 3. The highest BCUT2D eigenvalue weighted by Crippen LogP contribution is 2.38. The van der Waals surface area contributed by atoms with Gasteiger partial charge in [0, 0.05) is 0 Å². The Morgan fingerprint density at radius 2 is 2.00 bits per heavy atom. The lowest BCUT2D eigenvalue weighted by atomic mass is 9.76. The summed E-state index contributed by atoms with van der Waals surface area (Å²) in [4.78, 5) is 0. The van der Waals surface area contributed by atoms with Crippen LogP contribution in [0, 0.1) is 25.7 Å². The van der Waals surface area contributed by atoms with Crippen molar-refractivity contribution < 1.29 is 5.11 Å². The van der Waals surface area contributed by atoms with Crippen molar-refractivity contribution in [2.24, 2.45) is 11.8 Å². The summed E-state index contributed by atoms with van der Waals surface area (Å²) in [6, 6.07) is 6.39. The van der Waals surface area contributed by atoms with Gasteiger partial charge in [0.2, 0.25) is 0 Å². The molecule has 2 rings (SSSR count). The number of aryl methyl sites for hydroxylation is 2. The summed E-state index contributed by atoms with van der Waals surface area (Å²) in [6.45, 7) is 6.52. The molecule has 0 radical (unpaired) electrons. The van der Waals surface area contributed by atoms with Crippen LogP contribution >= 0.6 is 0 Å². The van der Waals surface area contributed by atoms with Gasteiger partial charge in [0.1, 0.15) is 0 Å². The first kappa shape index (κ1) is 13.6. The van der Waals surface area contributed by atoms with Gasteiger partial charge in [0.25, 0.3) is 0 Å². The van der Waals surface area contributed by atoms with Crippen molar-refractivity contribution >= 4 is 0 Å². The van der Waals surface area contributed by atoms with Crippen LogP contribution in [0.15, 0.2) is 18.2 Å². The number of benzene rings is 1. The maximum Gasteiger partial charge on any atom is 0.0818 e. The van der Waals surface area contributed by atoms with Crippen LogP contribution in [0.4, 0.5) is 0 Å². The van der Waals surface area contributed by atoms with Crippen LogP contribution < -0.4 is 0 Å². The van der Waals surface area contributed by atoms with Gasteiger partial charge < -0.3 is 5.11 Å². The van der Waals surface area contributed by atoms with Crippen LogP contribution in [0.3, 0.4) is 0 Å². The third-order valence-corrected chi connectivity index (χ3v) is 4.72. The molecule has 1 heteroatoms. The molecule has 1 aliphatic carbocycles. The van der Waals surface area contributed by atoms with E-state index in [4.69, 9.17) is 0 Å².